The Labute approximate surface area is 116 Å². The maximum Gasteiger partial charge on any atom is 0.225 e. The molecule has 1 unspecified atom stereocenters. The molecule has 108 valence electrons. The van der Waals surface area contributed by atoms with Gasteiger partial charge in [0.05, 0.1) is 0 Å². The number of nitrogens with two attached hydrogens (primary N) is 1. The van der Waals surface area contributed by atoms with Gasteiger partial charge in [-0.05, 0) is 69.2 Å². The van der Waals surface area contributed by atoms with Crippen LogP contribution in [0.4, 0.5) is 0 Å². The minimum atomic E-state index is 0.0861. The fourth-order valence-electron chi connectivity index (χ4n) is 5.41. The monoisotopic (exact) mass is 264 g/mol. The number of amides is 1. The third kappa shape index (κ3) is 2.20. The maximum atomic E-state index is 12.6. The summed E-state index contributed by atoms with van der Waals surface area (Å²) in [7, 11) is 2.06. The smallest absolute Gasteiger partial charge is 0.225 e. The molecule has 0 aliphatic heterocycles. The Morgan fingerprint density at radius 3 is 2.11 bits per heavy atom. The average molecular weight is 264 g/mol. The van der Waals surface area contributed by atoms with Crippen molar-refractivity contribution in [1.29, 1.82) is 0 Å². The molecule has 4 aliphatic carbocycles. The number of rotatable bonds is 4. The quantitative estimate of drug-likeness (QED) is 0.847. The van der Waals surface area contributed by atoms with E-state index in [0.29, 0.717) is 12.5 Å². The van der Waals surface area contributed by atoms with Gasteiger partial charge in [0.2, 0.25) is 5.91 Å². The summed E-state index contributed by atoms with van der Waals surface area (Å²) in [6.45, 7) is 2.65. The van der Waals surface area contributed by atoms with E-state index >= 15 is 0 Å². The second kappa shape index (κ2) is 4.76. The van der Waals surface area contributed by atoms with Gasteiger partial charge in [-0.2, -0.15) is 0 Å². The Morgan fingerprint density at radius 2 is 1.68 bits per heavy atom. The summed E-state index contributed by atoms with van der Waals surface area (Å²) in [6, 6.07) is 0. The standard InChI is InChI=1S/C16H28N2O/c1-11(3-4-17)15(19)18(2)16-8-12-5-13(9-16)7-14(6-12)10-16/h11-14H,3-10,17H2,1-2H3. The van der Waals surface area contributed by atoms with Crippen molar-refractivity contribution in [3.8, 4) is 0 Å². The lowest BCUT2D eigenvalue weighted by molar-refractivity contribution is -0.151. The molecule has 0 aromatic heterocycles. The zero-order valence-electron chi connectivity index (χ0n) is 12.4. The van der Waals surface area contributed by atoms with Crippen molar-refractivity contribution in [3.63, 3.8) is 0 Å². The van der Waals surface area contributed by atoms with Gasteiger partial charge in [0, 0.05) is 18.5 Å². The molecule has 4 saturated carbocycles. The van der Waals surface area contributed by atoms with Crippen molar-refractivity contribution < 1.29 is 4.79 Å². The molecule has 0 aromatic carbocycles. The van der Waals surface area contributed by atoms with Crippen LogP contribution in [0.2, 0.25) is 0 Å². The predicted octanol–water partition coefficient (Wildman–Crippen LogP) is 2.40. The lowest BCUT2D eigenvalue weighted by atomic mass is 9.52. The summed E-state index contributed by atoms with van der Waals surface area (Å²) < 4.78 is 0. The first-order valence-electron chi connectivity index (χ1n) is 8.02. The summed E-state index contributed by atoms with van der Waals surface area (Å²) in [4.78, 5) is 14.8. The van der Waals surface area contributed by atoms with Crippen LogP contribution in [0.3, 0.4) is 0 Å². The van der Waals surface area contributed by atoms with E-state index in [9.17, 15) is 4.79 Å². The van der Waals surface area contributed by atoms with Crippen molar-refractivity contribution in [2.24, 2.45) is 29.4 Å². The van der Waals surface area contributed by atoms with E-state index in [1.54, 1.807) is 0 Å². The van der Waals surface area contributed by atoms with Crippen LogP contribution >= 0.6 is 0 Å². The minimum Gasteiger partial charge on any atom is -0.340 e. The zero-order chi connectivity index (χ0) is 13.6. The van der Waals surface area contributed by atoms with Crippen LogP contribution in [0, 0.1) is 23.7 Å². The molecule has 0 heterocycles. The van der Waals surface area contributed by atoms with Crippen LogP contribution < -0.4 is 5.73 Å². The van der Waals surface area contributed by atoms with Crippen molar-refractivity contribution in [2.45, 2.75) is 57.4 Å². The molecule has 4 rings (SSSR count). The van der Waals surface area contributed by atoms with Gasteiger partial charge in [-0.25, -0.2) is 0 Å². The topological polar surface area (TPSA) is 46.3 Å². The highest BCUT2D eigenvalue weighted by molar-refractivity contribution is 5.79. The highest BCUT2D eigenvalue weighted by atomic mass is 16.2. The third-order valence-electron chi connectivity index (χ3n) is 6.07. The lowest BCUT2D eigenvalue weighted by Gasteiger charge is -2.60. The van der Waals surface area contributed by atoms with E-state index in [1.165, 1.54) is 38.5 Å². The Balaban J connectivity index is 1.75. The summed E-state index contributed by atoms with van der Waals surface area (Å²) in [5, 5.41) is 0. The Hall–Kier alpha value is -0.570. The van der Waals surface area contributed by atoms with E-state index in [-0.39, 0.29) is 11.5 Å². The van der Waals surface area contributed by atoms with Gasteiger partial charge in [-0.1, -0.05) is 6.92 Å². The lowest BCUT2D eigenvalue weighted by Crippen LogP contribution is -2.61. The van der Waals surface area contributed by atoms with Crippen LogP contribution in [0.15, 0.2) is 0 Å². The zero-order valence-corrected chi connectivity index (χ0v) is 12.4. The van der Waals surface area contributed by atoms with E-state index in [2.05, 4.69) is 11.9 Å². The Morgan fingerprint density at radius 1 is 1.21 bits per heavy atom. The van der Waals surface area contributed by atoms with E-state index in [0.717, 1.165) is 24.2 Å². The molecule has 19 heavy (non-hydrogen) atoms. The first-order chi connectivity index (χ1) is 9.04. The normalized spacial score (nSPS) is 41.3. The number of nitrogens with zero attached hydrogens (tertiary/aromatic N) is 1. The second-order valence-corrected chi connectivity index (χ2v) is 7.52. The van der Waals surface area contributed by atoms with Gasteiger partial charge in [0.1, 0.15) is 0 Å². The number of carbonyl (C=O) groups excluding carboxylic acids is 1. The second-order valence-electron chi connectivity index (χ2n) is 7.52. The van der Waals surface area contributed by atoms with Gasteiger partial charge in [0.15, 0.2) is 0 Å². The summed E-state index contributed by atoms with van der Waals surface area (Å²) >= 11 is 0. The van der Waals surface area contributed by atoms with Crippen molar-refractivity contribution in [3.05, 3.63) is 0 Å². The highest BCUT2D eigenvalue weighted by Crippen LogP contribution is 2.57. The molecule has 3 nitrogen and oxygen atoms in total. The van der Waals surface area contributed by atoms with Crippen LogP contribution in [0.1, 0.15) is 51.9 Å². The number of carbonyl (C=O) groups is 1. The highest BCUT2D eigenvalue weighted by Gasteiger charge is 2.53. The largest absolute Gasteiger partial charge is 0.340 e. The summed E-state index contributed by atoms with van der Waals surface area (Å²) in [6.07, 6.45) is 8.89. The molecule has 4 aliphatic rings. The van der Waals surface area contributed by atoms with Gasteiger partial charge < -0.3 is 10.6 Å². The molecule has 1 amide bonds. The molecule has 4 fully saturated rings. The number of hydrogen-bond donors (Lipinski definition) is 1. The average Bonchev–Trinajstić information content (AvgIpc) is 2.35. The molecule has 1 atom stereocenters. The van der Waals surface area contributed by atoms with E-state index in [4.69, 9.17) is 5.73 Å². The summed E-state index contributed by atoms with van der Waals surface area (Å²) in [5.41, 5.74) is 5.81. The molecule has 4 bridgehead atoms. The third-order valence-corrected chi connectivity index (χ3v) is 6.07. The fourth-order valence-corrected chi connectivity index (χ4v) is 5.41. The molecule has 0 radical (unpaired) electrons. The van der Waals surface area contributed by atoms with E-state index in [1.807, 2.05) is 6.92 Å². The Kier molecular flexibility index (Phi) is 3.36. The van der Waals surface area contributed by atoms with Gasteiger partial charge in [0.25, 0.3) is 0 Å². The molecule has 0 aromatic rings. The van der Waals surface area contributed by atoms with Crippen molar-refractivity contribution in [2.75, 3.05) is 13.6 Å². The van der Waals surface area contributed by atoms with Crippen molar-refractivity contribution in [1.82, 2.24) is 4.90 Å². The first kappa shape index (κ1) is 13.4. The first-order valence-corrected chi connectivity index (χ1v) is 8.02. The molecule has 2 N–H and O–H groups in total. The van der Waals surface area contributed by atoms with Gasteiger partial charge in [-0.3, -0.25) is 4.79 Å². The maximum absolute atomic E-state index is 12.6. The molecule has 0 spiro atoms. The molecular weight excluding hydrogens is 236 g/mol. The van der Waals surface area contributed by atoms with Gasteiger partial charge >= 0.3 is 0 Å². The Bertz CT molecular complexity index is 330. The van der Waals surface area contributed by atoms with Crippen LogP contribution in [0.5, 0.6) is 0 Å². The fraction of sp³-hybridized carbons (Fsp3) is 0.938. The van der Waals surface area contributed by atoms with Crippen molar-refractivity contribution >= 4 is 5.91 Å². The van der Waals surface area contributed by atoms with Crippen LogP contribution in [-0.2, 0) is 4.79 Å². The minimum absolute atomic E-state index is 0.0861. The van der Waals surface area contributed by atoms with E-state index < -0.39 is 0 Å². The summed E-state index contributed by atoms with van der Waals surface area (Å²) in [5.74, 6) is 3.10. The molecule has 3 heteroatoms. The molecular formula is C16H28N2O. The number of hydrogen-bond acceptors (Lipinski definition) is 2. The van der Waals surface area contributed by atoms with Crippen LogP contribution in [-0.4, -0.2) is 29.9 Å². The predicted molar refractivity (Wildman–Crippen MR) is 76.5 cm³/mol. The molecule has 0 saturated heterocycles. The SMILES string of the molecule is CC(CCN)C(=O)N(C)C12CC3CC(CC(C3)C1)C2. The van der Waals surface area contributed by atoms with Gasteiger partial charge in [-0.15, -0.1) is 0 Å². The van der Waals surface area contributed by atoms with Crippen LogP contribution in [0.25, 0.3) is 0 Å².